The van der Waals surface area contributed by atoms with Crippen LogP contribution in [-0.4, -0.2) is 36.0 Å². The number of hydrogen-bond donors (Lipinski definition) is 1. The molecule has 1 heterocycles. The molecular weight excluding hydrogens is 309 g/mol. The minimum absolute atomic E-state index is 0.188. The molecule has 126 valence electrons. The van der Waals surface area contributed by atoms with Crippen LogP contribution in [0.4, 0.5) is 13.2 Å². The van der Waals surface area contributed by atoms with Gasteiger partial charge in [0.2, 0.25) is 11.8 Å². The number of halogens is 3. The number of carbonyl (C=O) groups is 2. The summed E-state index contributed by atoms with van der Waals surface area (Å²) in [7, 11) is 0. The van der Waals surface area contributed by atoms with E-state index in [0.717, 1.165) is 5.56 Å². The Morgan fingerprint density at radius 2 is 1.87 bits per heavy atom. The molecule has 1 unspecified atom stereocenters. The van der Waals surface area contributed by atoms with Crippen molar-refractivity contribution >= 4 is 11.8 Å². The van der Waals surface area contributed by atoms with E-state index < -0.39 is 36.0 Å². The molecular formula is C16H19F3N2O2. The molecule has 7 heteroatoms. The maximum atomic E-state index is 12.4. The molecule has 0 spiro atoms. The predicted molar refractivity (Wildman–Crippen MR) is 78.4 cm³/mol. The number of rotatable bonds is 4. The van der Waals surface area contributed by atoms with Gasteiger partial charge in [0.25, 0.3) is 0 Å². The molecule has 1 N–H and O–H groups in total. The summed E-state index contributed by atoms with van der Waals surface area (Å²) in [5, 5.41) is 2.82. The summed E-state index contributed by atoms with van der Waals surface area (Å²) in [5.74, 6) is -1.80. The summed E-state index contributed by atoms with van der Waals surface area (Å²) in [6, 6.07) is 9.25. The number of nitrogens with zero attached hydrogens (tertiary/aromatic N) is 1. The second-order valence-corrected chi connectivity index (χ2v) is 6.27. The topological polar surface area (TPSA) is 49.4 Å². The van der Waals surface area contributed by atoms with E-state index in [1.165, 1.54) is 0 Å². The van der Waals surface area contributed by atoms with Crippen molar-refractivity contribution in [3.05, 3.63) is 35.9 Å². The highest BCUT2D eigenvalue weighted by Gasteiger charge is 2.41. The number of alkyl halides is 3. The van der Waals surface area contributed by atoms with Gasteiger partial charge in [-0.25, -0.2) is 0 Å². The summed E-state index contributed by atoms with van der Waals surface area (Å²) < 4.78 is 37.2. The molecule has 1 aromatic rings. The molecule has 0 saturated carbocycles. The van der Waals surface area contributed by atoms with Crippen LogP contribution in [0.15, 0.2) is 30.3 Å². The molecule has 2 amide bonds. The highest BCUT2D eigenvalue weighted by atomic mass is 19.4. The van der Waals surface area contributed by atoms with Crippen LogP contribution in [0, 0.1) is 5.92 Å². The molecule has 1 fully saturated rings. The summed E-state index contributed by atoms with van der Waals surface area (Å²) in [4.78, 5) is 24.7. The molecule has 2 rings (SSSR count). The van der Waals surface area contributed by atoms with Gasteiger partial charge in [-0.2, -0.15) is 13.2 Å². The zero-order valence-electron chi connectivity index (χ0n) is 13.0. The van der Waals surface area contributed by atoms with Crippen LogP contribution < -0.4 is 5.32 Å². The fraction of sp³-hybridized carbons (Fsp3) is 0.500. The number of nitrogens with one attached hydrogen (secondary N) is 1. The SMILES string of the molecule is CC(C)(NC(=O)C1CC(=O)N(CC(F)(F)F)C1)c1ccccc1. The average Bonchev–Trinajstić information content (AvgIpc) is 2.79. The lowest BCUT2D eigenvalue weighted by molar-refractivity contribution is -0.157. The van der Waals surface area contributed by atoms with Crippen LogP contribution in [0.5, 0.6) is 0 Å². The molecule has 1 atom stereocenters. The van der Waals surface area contributed by atoms with Crippen LogP contribution >= 0.6 is 0 Å². The quantitative estimate of drug-likeness (QED) is 0.923. The lowest BCUT2D eigenvalue weighted by atomic mass is 9.93. The summed E-state index contributed by atoms with van der Waals surface area (Å²) in [5.41, 5.74) is 0.212. The minimum Gasteiger partial charge on any atom is -0.347 e. The molecule has 1 aliphatic heterocycles. The Bertz CT molecular complexity index is 585. The Labute approximate surface area is 132 Å². The highest BCUT2D eigenvalue weighted by molar-refractivity contribution is 5.89. The third-order valence-corrected chi connectivity index (χ3v) is 3.89. The van der Waals surface area contributed by atoms with E-state index in [4.69, 9.17) is 0 Å². The zero-order valence-corrected chi connectivity index (χ0v) is 13.0. The fourth-order valence-corrected chi connectivity index (χ4v) is 2.65. The number of benzene rings is 1. The van der Waals surface area contributed by atoms with Gasteiger partial charge in [0, 0.05) is 13.0 Å². The van der Waals surface area contributed by atoms with Crippen LogP contribution in [0.25, 0.3) is 0 Å². The van der Waals surface area contributed by atoms with Gasteiger partial charge in [-0.05, 0) is 19.4 Å². The number of carbonyl (C=O) groups excluding carboxylic acids is 2. The first-order valence-corrected chi connectivity index (χ1v) is 7.30. The van der Waals surface area contributed by atoms with E-state index in [-0.39, 0.29) is 13.0 Å². The second-order valence-electron chi connectivity index (χ2n) is 6.27. The van der Waals surface area contributed by atoms with Crippen LogP contribution in [0.2, 0.25) is 0 Å². The molecule has 0 bridgehead atoms. The second kappa shape index (κ2) is 6.22. The lowest BCUT2D eigenvalue weighted by Gasteiger charge is -2.28. The van der Waals surface area contributed by atoms with Crippen LogP contribution in [0.1, 0.15) is 25.8 Å². The highest BCUT2D eigenvalue weighted by Crippen LogP contribution is 2.26. The van der Waals surface area contributed by atoms with Crippen molar-refractivity contribution in [1.82, 2.24) is 10.2 Å². The Morgan fingerprint density at radius 3 is 2.43 bits per heavy atom. The predicted octanol–water partition coefficient (Wildman–Crippen LogP) is 2.45. The summed E-state index contributed by atoms with van der Waals surface area (Å²) in [6.45, 7) is 2.11. The Balaban J connectivity index is 2.01. The number of amides is 2. The van der Waals surface area contributed by atoms with E-state index in [0.29, 0.717) is 4.90 Å². The van der Waals surface area contributed by atoms with Crippen LogP contribution in [-0.2, 0) is 15.1 Å². The Hall–Kier alpha value is -2.05. The third kappa shape index (κ3) is 4.46. The first-order chi connectivity index (χ1) is 10.6. The fourth-order valence-electron chi connectivity index (χ4n) is 2.65. The number of likely N-dealkylation sites (tertiary alicyclic amines) is 1. The largest absolute Gasteiger partial charge is 0.406 e. The van der Waals surface area contributed by atoms with Gasteiger partial charge in [-0.1, -0.05) is 30.3 Å². The van der Waals surface area contributed by atoms with Crippen molar-refractivity contribution in [3.63, 3.8) is 0 Å². The van der Waals surface area contributed by atoms with Gasteiger partial charge in [0.1, 0.15) is 6.54 Å². The molecule has 0 aliphatic carbocycles. The smallest absolute Gasteiger partial charge is 0.347 e. The van der Waals surface area contributed by atoms with Gasteiger partial charge in [0.15, 0.2) is 0 Å². The minimum atomic E-state index is -4.45. The monoisotopic (exact) mass is 328 g/mol. The van der Waals surface area contributed by atoms with E-state index in [2.05, 4.69) is 5.32 Å². The maximum Gasteiger partial charge on any atom is 0.406 e. The van der Waals surface area contributed by atoms with E-state index in [1.54, 1.807) is 0 Å². The van der Waals surface area contributed by atoms with E-state index in [9.17, 15) is 22.8 Å². The molecule has 4 nitrogen and oxygen atoms in total. The van der Waals surface area contributed by atoms with Gasteiger partial charge in [-0.15, -0.1) is 0 Å². The molecule has 0 radical (unpaired) electrons. The van der Waals surface area contributed by atoms with Crippen molar-refractivity contribution in [1.29, 1.82) is 0 Å². The molecule has 0 aromatic heterocycles. The molecule has 1 saturated heterocycles. The van der Waals surface area contributed by atoms with Crippen molar-refractivity contribution < 1.29 is 22.8 Å². The van der Waals surface area contributed by atoms with Gasteiger partial charge in [-0.3, -0.25) is 9.59 Å². The van der Waals surface area contributed by atoms with Gasteiger partial charge >= 0.3 is 6.18 Å². The van der Waals surface area contributed by atoms with E-state index >= 15 is 0 Å². The Kier molecular flexibility index (Phi) is 4.68. The third-order valence-electron chi connectivity index (χ3n) is 3.89. The normalized spacial score (nSPS) is 19.1. The molecule has 23 heavy (non-hydrogen) atoms. The Morgan fingerprint density at radius 1 is 1.26 bits per heavy atom. The first-order valence-electron chi connectivity index (χ1n) is 7.30. The molecule has 1 aliphatic rings. The van der Waals surface area contributed by atoms with Crippen molar-refractivity contribution in [2.24, 2.45) is 5.92 Å². The van der Waals surface area contributed by atoms with Crippen molar-refractivity contribution in [2.75, 3.05) is 13.1 Å². The van der Waals surface area contributed by atoms with Crippen LogP contribution in [0.3, 0.4) is 0 Å². The summed E-state index contributed by atoms with van der Waals surface area (Å²) in [6.07, 6.45) is -4.64. The van der Waals surface area contributed by atoms with Crippen molar-refractivity contribution in [3.8, 4) is 0 Å². The molecule has 1 aromatic carbocycles. The lowest BCUT2D eigenvalue weighted by Crippen LogP contribution is -2.45. The summed E-state index contributed by atoms with van der Waals surface area (Å²) >= 11 is 0. The van der Waals surface area contributed by atoms with E-state index in [1.807, 2.05) is 44.2 Å². The standard InChI is InChI=1S/C16H19F3N2O2/c1-15(2,12-6-4-3-5-7-12)20-14(23)11-8-13(22)21(9-11)10-16(17,18)19/h3-7,11H,8-10H2,1-2H3,(H,20,23). The van der Waals surface area contributed by atoms with Crippen molar-refractivity contribution in [2.45, 2.75) is 32.0 Å². The first kappa shape index (κ1) is 17.3. The maximum absolute atomic E-state index is 12.4. The zero-order chi connectivity index (χ0) is 17.3. The van der Waals surface area contributed by atoms with Gasteiger partial charge < -0.3 is 10.2 Å². The average molecular weight is 328 g/mol. The number of hydrogen-bond acceptors (Lipinski definition) is 2. The van der Waals surface area contributed by atoms with Gasteiger partial charge in [0.05, 0.1) is 11.5 Å².